The summed E-state index contributed by atoms with van der Waals surface area (Å²) in [5.74, 6) is 5.19. The van der Waals surface area contributed by atoms with E-state index in [1.165, 1.54) is 6.07 Å². The Kier molecular flexibility index (Phi) is 4.99. The lowest BCUT2D eigenvalue weighted by Gasteiger charge is -2.16. The van der Waals surface area contributed by atoms with Crippen LogP contribution in [0.15, 0.2) is 23.6 Å². The highest BCUT2D eigenvalue weighted by molar-refractivity contribution is 7.09. The Morgan fingerprint density at radius 3 is 2.67 bits per heavy atom. The van der Waals surface area contributed by atoms with Crippen LogP contribution in [-0.4, -0.2) is 4.98 Å². The van der Waals surface area contributed by atoms with Gasteiger partial charge in [0.05, 0.1) is 21.8 Å². The van der Waals surface area contributed by atoms with E-state index in [0.717, 1.165) is 16.3 Å². The Hall–Kier alpha value is -1.01. The first kappa shape index (κ1) is 16.4. The Labute approximate surface area is 133 Å². The minimum atomic E-state index is -0.430. The fraction of sp³-hybridized carbons (Fsp3) is 0.400. The van der Waals surface area contributed by atoms with Crippen molar-refractivity contribution >= 4 is 22.9 Å². The number of nitrogens with two attached hydrogens (primary N) is 1. The number of hydrogen-bond donors (Lipinski definition) is 2. The van der Waals surface area contributed by atoms with Gasteiger partial charge in [-0.05, 0) is 17.7 Å². The number of rotatable bonds is 4. The molecule has 0 amide bonds. The average Bonchev–Trinajstić information content (AvgIpc) is 2.88. The molecular formula is C15H19ClFN3S. The second-order valence-electron chi connectivity index (χ2n) is 5.97. The molecule has 1 aromatic heterocycles. The molecule has 3 nitrogen and oxygen atoms in total. The quantitative estimate of drug-likeness (QED) is 0.659. The number of hydrazine groups is 1. The summed E-state index contributed by atoms with van der Waals surface area (Å²) in [6.45, 7) is 6.39. The monoisotopic (exact) mass is 327 g/mol. The molecule has 0 bridgehead atoms. The van der Waals surface area contributed by atoms with Crippen molar-refractivity contribution in [3.63, 3.8) is 0 Å². The average molecular weight is 328 g/mol. The van der Waals surface area contributed by atoms with Crippen molar-refractivity contribution in [3.05, 3.63) is 50.7 Å². The minimum Gasteiger partial charge on any atom is -0.271 e. The molecule has 1 heterocycles. The summed E-state index contributed by atoms with van der Waals surface area (Å²) >= 11 is 7.43. The maximum Gasteiger partial charge on any atom is 0.141 e. The molecule has 2 rings (SSSR count). The van der Waals surface area contributed by atoms with Crippen LogP contribution in [0.1, 0.15) is 43.1 Å². The Balaban J connectivity index is 2.19. The van der Waals surface area contributed by atoms with Crippen molar-refractivity contribution in [3.8, 4) is 0 Å². The first-order chi connectivity index (χ1) is 9.81. The summed E-state index contributed by atoms with van der Waals surface area (Å²) in [6.07, 6.45) is 0.638. The molecule has 2 aromatic rings. The molecule has 21 heavy (non-hydrogen) atoms. The topological polar surface area (TPSA) is 50.9 Å². The van der Waals surface area contributed by atoms with Gasteiger partial charge in [-0.3, -0.25) is 11.3 Å². The smallest absolute Gasteiger partial charge is 0.141 e. The van der Waals surface area contributed by atoms with Gasteiger partial charge in [0.1, 0.15) is 5.82 Å². The first-order valence-electron chi connectivity index (χ1n) is 6.67. The molecular weight excluding hydrogens is 309 g/mol. The molecule has 0 aliphatic heterocycles. The number of hydrogen-bond acceptors (Lipinski definition) is 4. The number of nitrogens with zero attached hydrogens (tertiary/aromatic N) is 1. The summed E-state index contributed by atoms with van der Waals surface area (Å²) in [4.78, 5) is 4.65. The van der Waals surface area contributed by atoms with Crippen LogP contribution in [0.2, 0.25) is 5.02 Å². The number of thiazole rings is 1. The molecule has 6 heteroatoms. The van der Waals surface area contributed by atoms with Crippen LogP contribution in [-0.2, 0) is 11.8 Å². The summed E-state index contributed by atoms with van der Waals surface area (Å²) in [5, 5.41) is 3.16. The molecule has 114 valence electrons. The van der Waals surface area contributed by atoms with Crippen molar-refractivity contribution in [2.24, 2.45) is 5.84 Å². The van der Waals surface area contributed by atoms with Crippen LogP contribution in [0.25, 0.3) is 0 Å². The summed E-state index contributed by atoms with van der Waals surface area (Å²) in [7, 11) is 0. The molecule has 0 saturated carbocycles. The van der Waals surface area contributed by atoms with Gasteiger partial charge in [0.25, 0.3) is 0 Å². The third-order valence-corrected chi connectivity index (χ3v) is 4.41. The van der Waals surface area contributed by atoms with E-state index >= 15 is 0 Å². The Bertz CT molecular complexity index is 622. The minimum absolute atomic E-state index is 0.0274. The first-order valence-corrected chi connectivity index (χ1v) is 7.93. The zero-order valence-electron chi connectivity index (χ0n) is 12.3. The van der Waals surface area contributed by atoms with E-state index in [-0.39, 0.29) is 16.5 Å². The van der Waals surface area contributed by atoms with E-state index in [4.69, 9.17) is 17.4 Å². The Morgan fingerprint density at radius 1 is 1.43 bits per heavy atom. The van der Waals surface area contributed by atoms with E-state index in [0.29, 0.717) is 6.42 Å². The zero-order chi connectivity index (χ0) is 15.6. The van der Waals surface area contributed by atoms with Gasteiger partial charge in [0.15, 0.2) is 0 Å². The fourth-order valence-corrected chi connectivity index (χ4v) is 3.18. The van der Waals surface area contributed by atoms with Gasteiger partial charge in [-0.1, -0.05) is 38.4 Å². The fourth-order valence-electron chi connectivity index (χ4n) is 1.93. The van der Waals surface area contributed by atoms with Gasteiger partial charge in [-0.15, -0.1) is 11.3 Å². The van der Waals surface area contributed by atoms with E-state index in [1.54, 1.807) is 23.5 Å². The van der Waals surface area contributed by atoms with Gasteiger partial charge in [-0.2, -0.15) is 0 Å². The van der Waals surface area contributed by atoms with Gasteiger partial charge in [0, 0.05) is 17.2 Å². The number of nitrogens with one attached hydrogen (secondary N) is 1. The molecule has 0 saturated heterocycles. The predicted molar refractivity (Wildman–Crippen MR) is 86.0 cm³/mol. The van der Waals surface area contributed by atoms with Gasteiger partial charge in [0.2, 0.25) is 0 Å². The largest absolute Gasteiger partial charge is 0.271 e. The van der Waals surface area contributed by atoms with Crippen molar-refractivity contribution in [1.82, 2.24) is 10.4 Å². The van der Waals surface area contributed by atoms with E-state index in [2.05, 4.69) is 36.6 Å². The number of halogens is 2. The van der Waals surface area contributed by atoms with Gasteiger partial charge >= 0.3 is 0 Å². The van der Waals surface area contributed by atoms with Crippen LogP contribution in [0, 0.1) is 5.82 Å². The van der Waals surface area contributed by atoms with Crippen molar-refractivity contribution in [2.75, 3.05) is 0 Å². The zero-order valence-corrected chi connectivity index (χ0v) is 13.9. The highest BCUT2D eigenvalue weighted by atomic mass is 35.5. The SMILES string of the molecule is CC(C)(C)c1csc(CC(NN)c2ccc(F)c(Cl)c2)n1. The standard InChI is InChI=1S/C15H19ClFN3S/c1-15(2,3)13-8-21-14(19-13)7-12(20-18)9-4-5-11(17)10(16)6-9/h4-6,8,12,20H,7,18H2,1-3H3. The third-order valence-electron chi connectivity index (χ3n) is 3.25. The van der Waals surface area contributed by atoms with Crippen molar-refractivity contribution < 1.29 is 4.39 Å². The Morgan fingerprint density at radius 2 is 2.14 bits per heavy atom. The predicted octanol–water partition coefficient (Wildman–Crippen LogP) is 3.98. The highest BCUT2D eigenvalue weighted by Gasteiger charge is 2.19. The summed E-state index contributed by atoms with van der Waals surface area (Å²) < 4.78 is 13.2. The second-order valence-corrected chi connectivity index (χ2v) is 7.32. The third kappa shape index (κ3) is 4.01. The van der Waals surface area contributed by atoms with Gasteiger partial charge < -0.3 is 0 Å². The molecule has 0 spiro atoms. The second kappa shape index (κ2) is 6.40. The molecule has 1 atom stereocenters. The highest BCUT2D eigenvalue weighted by Crippen LogP contribution is 2.27. The normalized spacial score (nSPS) is 13.4. The van der Waals surface area contributed by atoms with Crippen LogP contribution >= 0.6 is 22.9 Å². The van der Waals surface area contributed by atoms with Crippen molar-refractivity contribution in [2.45, 2.75) is 38.6 Å². The van der Waals surface area contributed by atoms with E-state index in [1.807, 2.05) is 0 Å². The van der Waals surface area contributed by atoms with E-state index < -0.39 is 5.82 Å². The molecule has 0 fully saturated rings. The number of aromatic nitrogens is 1. The van der Waals surface area contributed by atoms with Crippen molar-refractivity contribution in [1.29, 1.82) is 0 Å². The van der Waals surface area contributed by atoms with E-state index in [9.17, 15) is 4.39 Å². The molecule has 0 radical (unpaired) electrons. The lowest BCUT2D eigenvalue weighted by atomic mass is 9.93. The van der Waals surface area contributed by atoms with Crippen LogP contribution in [0.5, 0.6) is 0 Å². The molecule has 3 N–H and O–H groups in total. The van der Waals surface area contributed by atoms with Crippen LogP contribution in [0.4, 0.5) is 4.39 Å². The molecule has 0 aliphatic rings. The maximum atomic E-state index is 13.2. The van der Waals surface area contributed by atoms with Crippen LogP contribution in [0.3, 0.4) is 0 Å². The van der Waals surface area contributed by atoms with Gasteiger partial charge in [-0.25, -0.2) is 9.37 Å². The summed E-state index contributed by atoms with van der Waals surface area (Å²) in [6, 6.07) is 4.48. The lowest BCUT2D eigenvalue weighted by molar-refractivity contribution is 0.539. The molecule has 1 aromatic carbocycles. The molecule has 0 aliphatic carbocycles. The molecule has 1 unspecified atom stereocenters. The number of benzene rings is 1. The van der Waals surface area contributed by atoms with Crippen LogP contribution < -0.4 is 11.3 Å². The maximum absolute atomic E-state index is 13.2. The summed E-state index contributed by atoms with van der Waals surface area (Å²) in [5.41, 5.74) is 4.68. The lowest BCUT2D eigenvalue weighted by Crippen LogP contribution is -2.29.